The van der Waals surface area contributed by atoms with Crippen LogP contribution in [0.5, 0.6) is 51.7 Å². The normalized spacial score (nSPS) is 22.8. The van der Waals surface area contributed by atoms with Gasteiger partial charge in [0.25, 0.3) is 0 Å². The number of phenolic OH excluding ortho intramolecular Hbond substituents is 9. The monoisotopic (exact) mass is 720 g/mol. The highest BCUT2D eigenvalue weighted by Crippen LogP contribution is 2.45. The number of Topliss-reactive ketones (excluding diaryl/α,β-unsaturated/α-hetero) is 2. The summed E-state index contributed by atoms with van der Waals surface area (Å²) in [6.07, 6.45) is -7.42. The summed E-state index contributed by atoms with van der Waals surface area (Å²) in [6.45, 7) is -0.0216. The lowest BCUT2D eigenvalue weighted by atomic mass is 9.75. The van der Waals surface area contributed by atoms with Crippen molar-refractivity contribution in [3.8, 4) is 51.7 Å². The Morgan fingerprint density at radius 2 is 1.00 bits per heavy atom. The Morgan fingerprint density at radius 3 is 1.37 bits per heavy atom. The Hall–Kier alpha value is -6.51. The van der Waals surface area contributed by atoms with E-state index in [2.05, 4.69) is 0 Å². The predicted molar refractivity (Wildman–Crippen MR) is 159 cm³/mol. The van der Waals surface area contributed by atoms with Gasteiger partial charge in [0.15, 0.2) is 63.6 Å². The summed E-state index contributed by atoms with van der Waals surface area (Å²) < 4.78 is 20.9. The van der Waals surface area contributed by atoms with E-state index >= 15 is 0 Å². The molecule has 1 aliphatic heterocycles. The molecular weight excluding hydrogens is 692 g/mol. The molecule has 0 saturated carbocycles. The largest absolute Gasteiger partial charge is 0.504 e. The average molecular weight is 721 g/mol. The van der Waals surface area contributed by atoms with Gasteiger partial charge in [0, 0.05) is 6.92 Å². The summed E-state index contributed by atoms with van der Waals surface area (Å²) in [4.78, 5) is 66.0. The number of aliphatic hydroxyl groups is 2. The second kappa shape index (κ2) is 13.4. The number of aliphatic hydroxyl groups excluding tert-OH is 1. The van der Waals surface area contributed by atoms with Crippen molar-refractivity contribution >= 4 is 29.5 Å². The summed E-state index contributed by atoms with van der Waals surface area (Å²) in [7, 11) is 0. The first kappa shape index (κ1) is 37.3. The summed E-state index contributed by atoms with van der Waals surface area (Å²) >= 11 is 0. The molecule has 0 spiro atoms. The van der Waals surface area contributed by atoms with Crippen molar-refractivity contribution in [2.24, 2.45) is 0 Å². The molecule has 20 heteroatoms. The molecule has 11 N–H and O–H groups in total. The quantitative estimate of drug-likeness (QED) is 0.0763. The maximum Gasteiger partial charge on any atom is 0.341 e. The van der Waals surface area contributed by atoms with Crippen molar-refractivity contribution < 1.29 is 99.1 Å². The number of carbonyl (C=O) groups is 5. The van der Waals surface area contributed by atoms with E-state index in [-0.39, 0.29) is 0 Å². The van der Waals surface area contributed by atoms with E-state index in [9.17, 15) is 80.1 Å². The van der Waals surface area contributed by atoms with E-state index in [0.717, 1.165) is 0 Å². The molecule has 0 aliphatic carbocycles. The molecule has 3 aromatic rings. The van der Waals surface area contributed by atoms with Gasteiger partial charge >= 0.3 is 23.7 Å². The molecule has 1 aliphatic rings. The van der Waals surface area contributed by atoms with Crippen LogP contribution >= 0.6 is 0 Å². The highest BCUT2D eigenvalue weighted by atomic mass is 16.8. The van der Waals surface area contributed by atoms with Crippen LogP contribution in [0.2, 0.25) is 0 Å². The number of benzene rings is 3. The van der Waals surface area contributed by atoms with Gasteiger partial charge in [0.05, 0.1) is 16.7 Å². The highest BCUT2D eigenvalue weighted by molar-refractivity contribution is 6.01. The lowest BCUT2D eigenvalue weighted by molar-refractivity contribution is -0.352. The maximum absolute atomic E-state index is 13.4. The smallest absolute Gasteiger partial charge is 0.341 e. The first-order chi connectivity index (χ1) is 23.7. The standard InChI is InChI=1S/C31H28O20/c1-10(32)30(47)26(49-28(45)13-5-17(36)23(41)18(37)6-13)25(43)21(9-48-27(44)12-3-15(34)22(40)16(35)4-12)50-31(30,11(2)33)51-29(46)14-7-19(38)24(42)20(39)8-14/h3-8,21,25-26,34-43,47H,9H2,1-2H3/t21-,25-,26+,30+,31-/m1/s1. The van der Waals surface area contributed by atoms with Gasteiger partial charge in [-0.25, -0.2) is 14.4 Å². The van der Waals surface area contributed by atoms with Crippen LogP contribution in [0.1, 0.15) is 44.9 Å². The van der Waals surface area contributed by atoms with E-state index in [1.165, 1.54) is 0 Å². The van der Waals surface area contributed by atoms with Gasteiger partial charge in [0.2, 0.25) is 11.4 Å². The lowest BCUT2D eigenvalue weighted by Gasteiger charge is -2.52. The highest BCUT2D eigenvalue weighted by Gasteiger charge is 2.73. The van der Waals surface area contributed by atoms with Gasteiger partial charge in [-0.15, -0.1) is 0 Å². The fraction of sp³-hybridized carbons (Fsp3) is 0.258. The van der Waals surface area contributed by atoms with Gasteiger partial charge < -0.3 is 75.1 Å². The summed E-state index contributed by atoms with van der Waals surface area (Å²) in [6, 6.07) is 3.47. The Kier molecular flexibility index (Phi) is 9.82. The number of hydrogen-bond donors (Lipinski definition) is 11. The molecule has 20 nitrogen and oxygen atoms in total. The number of ketones is 2. The fourth-order valence-electron chi connectivity index (χ4n) is 5.03. The third-order valence-electron chi connectivity index (χ3n) is 7.69. The molecule has 0 unspecified atom stereocenters. The van der Waals surface area contributed by atoms with E-state index in [1.54, 1.807) is 0 Å². The molecule has 0 amide bonds. The molecule has 4 rings (SSSR count). The molecule has 3 aromatic carbocycles. The third-order valence-corrected chi connectivity index (χ3v) is 7.69. The van der Waals surface area contributed by atoms with Crippen molar-refractivity contribution in [2.45, 2.75) is 43.5 Å². The molecule has 51 heavy (non-hydrogen) atoms. The van der Waals surface area contributed by atoms with Crippen LogP contribution in [0.3, 0.4) is 0 Å². The minimum atomic E-state index is -3.71. The van der Waals surface area contributed by atoms with Gasteiger partial charge in [-0.05, 0) is 43.3 Å². The van der Waals surface area contributed by atoms with Gasteiger partial charge in [0.1, 0.15) is 18.8 Å². The minimum absolute atomic E-state index is 0.527. The zero-order chi connectivity index (χ0) is 38.3. The van der Waals surface area contributed by atoms with Gasteiger partial charge in [-0.3, -0.25) is 9.59 Å². The summed E-state index contributed by atoms with van der Waals surface area (Å²) in [5, 5.41) is 111. The minimum Gasteiger partial charge on any atom is -0.504 e. The lowest BCUT2D eigenvalue weighted by Crippen LogP contribution is -2.79. The first-order valence-electron chi connectivity index (χ1n) is 14.1. The Bertz CT molecular complexity index is 1880. The van der Waals surface area contributed by atoms with Crippen molar-refractivity contribution in [1.29, 1.82) is 0 Å². The molecule has 5 atom stereocenters. The zero-order valence-electron chi connectivity index (χ0n) is 26.0. The number of ether oxygens (including phenoxy) is 4. The average Bonchev–Trinajstić information content (AvgIpc) is 3.06. The topological polar surface area (TPSA) is 345 Å². The third kappa shape index (κ3) is 6.48. The molecule has 0 radical (unpaired) electrons. The van der Waals surface area contributed by atoms with Crippen molar-refractivity contribution in [3.63, 3.8) is 0 Å². The number of phenols is 9. The maximum atomic E-state index is 13.4. The predicted octanol–water partition coefficient (Wildman–Crippen LogP) is -0.359. The van der Waals surface area contributed by atoms with Gasteiger partial charge in [-0.1, -0.05) is 0 Å². The molecular formula is C31H28O20. The van der Waals surface area contributed by atoms with Crippen LogP contribution in [0.15, 0.2) is 36.4 Å². The number of aromatic hydroxyl groups is 9. The molecule has 1 saturated heterocycles. The van der Waals surface area contributed by atoms with E-state index in [0.29, 0.717) is 50.2 Å². The SMILES string of the molecule is CC(=O)[C@]1(OC(=O)c2cc(O)c(O)c(O)c2)O[C@H](COC(=O)c2cc(O)c(O)c(O)c2)[C@@H](O)[C@H](OC(=O)c2cc(O)c(O)c(O)c2)[C@@]1(O)C(C)=O. The van der Waals surface area contributed by atoms with Crippen LogP contribution in [0.4, 0.5) is 0 Å². The molecule has 272 valence electrons. The Balaban J connectivity index is 1.84. The fourth-order valence-corrected chi connectivity index (χ4v) is 5.03. The first-order valence-corrected chi connectivity index (χ1v) is 14.1. The van der Waals surface area contributed by atoms with Crippen LogP contribution < -0.4 is 0 Å². The van der Waals surface area contributed by atoms with Crippen molar-refractivity contribution in [1.82, 2.24) is 0 Å². The van der Waals surface area contributed by atoms with Crippen molar-refractivity contribution in [2.75, 3.05) is 6.61 Å². The second-order valence-electron chi connectivity index (χ2n) is 11.0. The molecule has 0 bridgehead atoms. The number of carbonyl (C=O) groups excluding carboxylic acids is 5. The number of hydrogen-bond acceptors (Lipinski definition) is 20. The van der Waals surface area contributed by atoms with Crippen molar-refractivity contribution in [3.05, 3.63) is 53.1 Å². The summed E-state index contributed by atoms with van der Waals surface area (Å²) in [5.41, 5.74) is -5.91. The van der Waals surface area contributed by atoms with E-state index in [1.807, 2.05) is 0 Å². The second-order valence-corrected chi connectivity index (χ2v) is 11.0. The summed E-state index contributed by atoms with van der Waals surface area (Å²) in [5.74, 6) is -20.9. The Morgan fingerprint density at radius 1 is 0.627 bits per heavy atom. The molecule has 1 heterocycles. The van der Waals surface area contributed by atoms with Crippen LogP contribution in [0.25, 0.3) is 0 Å². The van der Waals surface area contributed by atoms with Crippen LogP contribution in [-0.2, 0) is 28.5 Å². The number of esters is 3. The van der Waals surface area contributed by atoms with E-state index < -0.39 is 134 Å². The molecule has 1 fully saturated rings. The van der Waals surface area contributed by atoms with Crippen LogP contribution in [0, 0.1) is 0 Å². The van der Waals surface area contributed by atoms with Gasteiger partial charge in [-0.2, -0.15) is 0 Å². The number of rotatable bonds is 9. The van der Waals surface area contributed by atoms with E-state index in [4.69, 9.17) is 18.9 Å². The van der Waals surface area contributed by atoms with Crippen LogP contribution in [-0.4, -0.2) is 122 Å². The molecule has 0 aromatic heterocycles. The Labute approximate surface area is 283 Å². The zero-order valence-corrected chi connectivity index (χ0v) is 26.0.